The number of rotatable bonds is 7. The van der Waals surface area contributed by atoms with Crippen molar-refractivity contribution in [2.24, 2.45) is 0 Å². The molecule has 0 aliphatic rings. The minimum atomic E-state index is 0.406. The molecule has 0 saturated heterocycles. The van der Waals surface area contributed by atoms with Crippen LogP contribution in [0.15, 0.2) is 54.6 Å². The van der Waals surface area contributed by atoms with E-state index >= 15 is 0 Å². The van der Waals surface area contributed by atoms with Crippen LogP contribution in [0.25, 0.3) is 0 Å². The first-order chi connectivity index (χ1) is 9.83. The molecule has 0 aliphatic heterocycles. The summed E-state index contributed by atoms with van der Waals surface area (Å²) in [6.07, 6.45) is 4.75. The molecule has 20 heavy (non-hydrogen) atoms. The smallest absolute Gasteiger partial charge is 0.0513 e. The Morgan fingerprint density at radius 2 is 1.75 bits per heavy atom. The van der Waals surface area contributed by atoms with Crippen LogP contribution < -0.4 is 5.32 Å². The number of aryl methyl sites for hydroxylation is 1. The van der Waals surface area contributed by atoms with E-state index in [1.54, 1.807) is 0 Å². The van der Waals surface area contributed by atoms with Gasteiger partial charge in [-0.25, -0.2) is 0 Å². The summed E-state index contributed by atoms with van der Waals surface area (Å²) in [6.45, 7) is 4.45. The topological polar surface area (TPSA) is 12.0 Å². The van der Waals surface area contributed by atoms with Crippen molar-refractivity contribution in [1.29, 1.82) is 0 Å². The normalized spacial score (nSPS) is 12.1. The fourth-order valence-corrected chi connectivity index (χ4v) is 2.50. The van der Waals surface area contributed by atoms with Crippen LogP contribution in [0.4, 0.5) is 5.69 Å². The fourth-order valence-electron chi connectivity index (χ4n) is 2.50. The van der Waals surface area contributed by atoms with E-state index in [0.29, 0.717) is 6.04 Å². The maximum atomic E-state index is 3.70. The predicted molar refractivity (Wildman–Crippen MR) is 88.2 cm³/mol. The first-order valence-electron chi connectivity index (χ1n) is 7.74. The molecule has 1 N–H and O–H groups in total. The number of hydrogen-bond acceptors (Lipinski definition) is 1. The lowest BCUT2D eigenvalue weighted by Gasteiger charge is -2.20. The van der Waals surface area contributed by atoms with Gasteiger partial charge in [-0.2, -0.15) is 0 Å². The number of nitrogens with one attached hydrogen (secondary N) is 1. The summed E-state index contributed by atoms with van der Waals surface area (Å²) in [4.78, 5) is 0. The molecule has 0 fully saturated rings. The minimum absolute atomic E-state index is 0.406. The summed E-state index contributed by atoms with van der Waals surface area (Å²) < 4.78 is 0. The van der Waals surface area contributed by atoms with Crippen LogP contribution in [-0.4, -0.2) is 0 Å². The zero-order chi connectivity index (χ0) is 14.2. The molecule has 0 heterocycles. The Labute approximate surface area is 123 Å². The van der Waals surface area contributed by atoms with Gasteiger partial charge in [0, 0.05) is 5.69 Å². The number of anilines is 1. The second-order valence-electron chi connectivity index (χ2n) is 5.30. The Morgan fingerprint density at radius 1 is 0.950 bits per heavy atom. The molecule has 106 valence electrons. The molecular formula is C19H25N. The zero-order valence-electron chi connectivity index (χ0n) is 12.6. The molecule has 0 radical (unpaired) electrons. The van der Waals surface area contributed by atoms with Crippen LogP contribution in [0.1, 0.15) is 50.3 Å². The average molecular weight is 267 g/mol. The maximum absolute atomic E-state index is 3.70. The van der Waals surface area contributed by atoms with Gasteiger partial charge in [-0.05, 0) is 36.1 Å². The monoisotopic (exact) mass is 267 g/mol. The first-order valence-corrected chi connectivity index (χ1v) is 7.74. The van der Waals surface area contributed by atoms with Crippen LogP contribution >= 0.6 is 0 Å². The van der Waals surface area contributed by atoms with Crippen LogP contribution in [0, 0.1) is 0 Å². The van der Waals surface area contributed by atoms with Crippen molar-refractivity contribution in [3.63, 3.8) is 0 Å². The van der Waals surface area contributed by atoms with E-state index in [1.165, 1.54) is 36.1 Å². The number of hydrogen-bond donors (Lipinski definition) is 1. The summed E-state index contributed by atoms with van der Waals surface area (Å²) in [5.41, 5.74) is 3.99. The van der Waals surface area contributed by atoms with E-state index in [-0.39, 0.29) is 0 Å². The van der Waals surface area contributed by atoms with Crippen molar-refractivity contribution in [3.05, 3.63) is 65.7 Å². The van der Waals surface area contributed by atoms with E-state index in [0.717, 1.165) is 6.42 Å². The van der Waals surface area contributed by atoms with Crippen molar-refractivity contribution in [2.75, 3.05) is 5.32 Å². The van der Waals surface area contributed by atoms with Crippen LogP contribution in [-0.2, 0) is 6.42 Å². The quantitative estimate of drug-likeness (QED) is 0.689. The molecule has 0 aliphatic carbocycles. The van der Waals surface area contributed by atoms with Gasteiger partial charge >= 0.3 is 0 Å². The molecule has 2 rings (SSSR count). The van der Waals surface area contributed by atoms with Gasteiger partial charge in [0.1, 0.15) is 0 Å². The molecule has 0 bridgehead atoms. The van der Waals surface area contributed by atoms with Crippen LogP contribution in [0.3, 0.4) is 0 Å². The molecule has 2 aromatic carbocycles. The van der Waals surface area contributed by atoms with Gasteiger partial charge in [0.05, 0.1) is 6.04 Å². The molecule has 0 aromatic heterocycles. The third-order valence-electron chi connectivity index (χ3n) is 3.72. The van der Waals surface area contributed by atoms with Gasteiger partial charge in [0.2, 0.25) is 0 Å². The Morgan fingerprint density at radius 3 is 2.45 bits per heavy atom. The number of unbranched alkanes of at least 4 members (excludes halogenated alkanes) is 1. The van der Waals surface area contributed by atoms with E-state index in [1.807, 2.05) is 0 Å². The van der Waals surface area contributed by atoms with Crippen molar-refractivity contribution in [2.45, 2.75) is 45.6 Å². The Balaban J connectivity index is 2.14. The molecule has 1 atom stereocenters. The molecule has 0 spiro atoms. The molecule has 0 saturated carbocycles. The third kappa shape index (κ3) is 4.12. The largest absolute Gasteiger partial charge is 0.378 e. The SMILES string of the molecule is CCCCC(Nc1cccc(CC)c1)c1ccccc1. The first kappa shape index (κ1) is 14.6. The van der Waals surface area contributed by atoms with E-state index in [2.05, 4.69) is 73.8 Å². The molecular weight excluding hydrogens is 242 g/mol. The lowest BCUT2D eigenvalue weighted by atomic mass is 10.0. The molecule has 2 aromatic rings. The summed E-state index contributed by atoms with van der Waals surface area (Å²) in [6, 6.07) is 19.9. The van der Waals surface area contributed by atoms with Crippen LogP contribution in [0.5, 0.6) is 0 Å². The van der Waals surface area contributed by atoms with Crippen molar-refractivity contribution >= 4 is 5.69 Å². The highest BCUT2D eigenvalue weighted by atomic mass is 14.9. The Hall–Kier alpha value is -1.76. The van der Waals surface area contributed by atoms with Gasteiger partial charge in [0.15, 0.2) is 0 Å². The van der Waals surface area contributed by atoms with E-state index in [9.17, 15) is 0 Å². The standard InChI is InChI=1S/C19H25N/c1-3-5-14-19(17-11-7-6-8-12-17)20-18-13-9-10-16(4-2)15-18/h6-13,15,19-20H,3-5,14H2,1-2H3. The van der Waals surface area contributed by atoms with E-state index < -0.39 is 0 Å². The average Bonchev–Trinajstić information content (AvgIpc) is 2.52. The van der Waals surface area contributed by atoms with Crippen molar-refractivity contribution < 1.29 is 0 Å². The highest BCUT2D eigenvalue weighted by molar-refractivity contribution is 5.47. The Bertz CT molecular complexity index is 504. The summed E-state index contributed by atoms with van der Waals surface area (Å²) in [5.74, 6) is 0. The molecule has 1 unspecified atom stereocenters. The van der Waals surface area contributed by atoms with Gasteiger partial charge in [-0.15, -0.1) is 0 Å². The highest BCUT2D eigenvalue weighted by Gasteiger charge is 2.10. The zero-order valence-corrected chi connectivity index (χ0v) is 12.6. The fraction of sp³-hybridized carbons (Fsp3) is 0.368. The summed E-state index contributed by atoms with van der Waals surface area (Å²) >= 11 is 0. The minimum Gasteiger partial charge on any atom is -0.378 e. The second-order valence-corrected chi connectivity index (χ2v) is 5.30. The summed E-state index contributed by atoms with van der Waals surface area (Å²) in [5, 5.41) is 3.70. The van der Waals surface area contributed by atoms with E-state index in [4.69, 9.17) is 0 Å². The molecule has 0 amide bonds. The summed E-state index contributed by atoms with van der Waals surface area (Å²) in [7, 11) is 0. The van der Waals surface area contributed by atoms with Gasteiger partial charge in [0.25, 0.3) is 0 Å². The second kappa shape index (κ2) is 7.74. The van der Waals surface area contributed by atoms with Crippen molar-refractivity contribution in [1.82, 2.24) is 0 Å². The van der Waals surface area contributed by atoms with Gasteiger partial charge in [-0.3, -0.25) is 0 Å². The van der Waals surface area contributed by atoms with Crippen LogP contribution in [0.2, 0.25) is 0 Å². The molecule has 1 heteroatoms. The molecule has 1 nitrogen and oxygen atoms in total. The number of benzene rings is 2. The predicted octanol–water partition coefficient (Wildman–Crippen LogP) is 5.59. The maximum Gasteiger partial charge on any atom is 0.0513 e. The lowest BCUT2D eigenvalue weighted by Crippen LogP contribution is -2.10. The third-order valence-corrected chi connectivity index (χ3v) is 3.72. The van der Waals surface area contributed by atoms with Crippen molar-refractivity contribution in [3.8, 4) is 0 Å². The lowest BCUT2D eigenvalue weighted by molar-refractivity contribution is 0.634. The van der Waals surface area contributed by atoms with Gasteiger partial charge < -0.3 is 5.32 Å². The Kier molecular flexibility index (Phi) is 5.67. The highest BCUT2D eigenvalue weighted by Crippen LogP contribution is 2.25. The van der Waals surface area contributed by atoms with Gasteiger partial charge in [-0.1, -0.05) is 69.2 Å².